The van der Waals surface area contributed by atoms with Crippen molar-refractivity contribution >= 4 is 23.4 Å². The lowest BCUT2D eigenvalue weighted by atomic mass is 10.2. The van der Waals surface area contributed by atoms with Crippen LogP contribution < -0.4 is 0 Å². The maximum absolute atomic E-state index is 13.8. The predicted molar refractivity (Wildman–Crippen MR) is 82.0 cm³/mol. The minimum absolute atomic E-state index is 0.0411. The Morgan fingerprint density at radius 1 is 1.18 bits per heavy atom. The number of benzene rings is 1. The van der Waals surface area contributed by atoms with Crippen molar-refractivity contribution in [2.24, 2.45) is 0 Å². The van der Waals surface area contributed by atoms with Crippen molar-refractivity contribution in [3.8, 4) is 11.8 Å². The maximum atomic E-state index is 13.8. The predicted octanol–water partition coefficient (Wildman–Crippen LogP) is 2.18. The molecule has 116 valence electrons. The van der Waals surface area contributed by atoms with Crippen LogP contribution in [0.2, 0.25) is 5.02 Å². The zero-order chi connectivity index (χ0) is 16.1. The average Bonchev–Trinajstić information content (AvgIpc) is 2.75. The van der Waals surface area contributed by atoms with Gasteiger partial charge in [-0.05, 0) is 37.5 Å². The van der Waals surface area contributed by atoms with Gasteiger partial charge in [0.25, 0.3) is 11.8 Å². The maximum Gasteiger partial charge on any atom is 0.298 e. The molecule has 0 saturated carbocycles. The molecule has 1 heterocycles. The number of nitrogens with zero attached hydrogens (tertiary/aromatic N) is 2. The lowest BCUT2D eigenvalue weighted by Gasteiger charge is -2.21. The minimum Gasteiger partial charge on any atom is -0.337 e. The molecule has 22 heavy (non-hydrogen) atoms. The number of carbonyl (C=O) groups excluding carboxylic acids is 2. The fourth-order valence-electron chi connectivity index (χ4n) is 2.34. The molecule has 0 spiro atoms. The lowest BCUT2D eigenvalue weighted by Crippen LogP contribution is -2.37. The molecule has 4 nitrogen and oxygen atoms in total. The average molecular weight is 323 g/mol. The first-order chi connectivity index (χ1) is 10.5. The number of halogens is 2. The van der Waals surface area contributed by atoms with Crippen LogP contribution in [0.3, 0.4) is 0 Å². The highest BCUT2D eigenvalue weighted by Gasteiger charge is 2.24. The molecule has 0 bridgehead atoms. The zero-order valence-corrected chi connectivity index (χ0v) is 13.0. The van der Waals surface area contributed by atoms with Crippen molar-refractivity contribution in [2.45, 2.75) is 13.3 Å². The Labute approximate surface area is 133 Å². The molecule has 2 rings (SSSR count). The van der Waals surface area contributed by atoms with Crippen LogP contribution in [-0.2, 0) is 4.79 Å². The number of hydrogen-bond donors (Lipinski definition) is 0. The smallest absolute Gasteiger partial charge is 0.298 e. The van der Waals surface area contributed by atoms with E-state index in [1.54, 1.807) is 16.7 Å². The Morgan fingerprint density at radius 3 is 2.59 bits per heavy atom. The van der Waals surface area contributed by atoms with Crippen LogP contribution in [0.1, 0.15) is 23.7 Å². The Hall–Kier alpha value is -2.06. The third-order valence-corrected chi connectivity index (χ3v) is 3.70. The molecule has 0 unspecified atom stereocenters. The summed E-state index contributed by atoms with van der Waals surface area (Å²) in [7, 11) is 0. The largest absolute Gasteiger partial charge is 0.337 e. The van der Waals surface area contributed by atoms with Gasteiger partial charge >= 0.3 is 0 Å². The van der Waals surface area contributed by atoms with Gasteiger partial charge in [-0.2, -0.15) is 0 Å². The van der Waals surface area contributed by atoms with Gasteiger partial charge in [0.2, 0.25) is 0 Å². The van der Waals surface area contributed by atoms with Gasteiger partial charge in [0.1, 0.15) is 5.82 Å². The number of hydrogen-bond acceptors (Lipinski definition) is 2. The first-order valence-corrected chi connectivity index (χ1v) is 7.36. The number of rotatable bonds is 1. The van der Waals surface area contributed by atoms with E-state index >= 15 is 0 Å². The Balaban J connectivity index is 2.10. The first kappa shape index (κ1) is 16.3. The van der Waals surface area contributed by atoms with Crippen LogP contribution in [0.15, 0.2) is 18.2 Å². The Morgan fingerprint density at radius 2 is 1.86 bits per heavy atom. The summed E-state index contributed by atoms with van der Waals surface area (Å²) in [5.41, 5.74) is -0.0411. The molecule has 2 amide bonds. The van der Waals surface area contributed by atoms with E-state index in [0.29, 0.717) is 37.6 Å². The highest BCUT2D eigenvalue weighted by Crippen LogP contribution is 2.17. The second-order valence-corrected chi connectivity index (χ2v) is 5.37. The van der Waals surface area contributed by atoms with Crippen LogP contribution in [0.5, 0.6) is 0 Å². The van der Waals surface area contributed by atoms with Crippen LogP contribution in [0.25, 0.3) is 0 Å². The molecule has 6 heteroatoms. The van der Waals surface area contributed by atoms with E-state index in [9.17, 15) is 14.0 Å². The first-order valence-electron chi connectivity index (χ1n) is 6.99. The van der Waals surface area contributed by atoms with Crippen molar-refractivity contribution in [1.82, 2.24) is 9.80 Å². The van der Waals surface area contributed by atoms with Gasteiger partial charge in [-0.1, -0.05) is 17.5 Å². The second-order valence-electron chi connectivity index (χ2n) is 4.94. The molecule has 0 atom stereocenters. The summed E-state index contributed by atoms with van der Waals surface area (Å²) in [6.45, 7) is 3.35. The number of carbonyl (C=O) groups is 2. The van der Waals surface area contributed by atoms with Gasteiger partial charge in [-0.15, -0.1) is 0 Å². The number of amides is 2. The van der Waals surface area contributed by atoms with Gasteiger partial charge in [-0.3, -0.25) is 9.59 Å². The van der Waals surface area contributed by atoms with Crippen LogP contribution in [0.4, 0.5) is 4.39 Å². The van der Waals surface area contributed by atoms with Crippen molar-refractivity contribution in [3.63, 3.8) is 0 Å². The zero-order valence-electron chi connectivity index (χ0n) is 12.2. The van der Waals surface area contributed by atoms with Crippen molar-refractivity contribution in [1.29, 1.82) is 0 Å². The SMILES string of the molecule is CC#CC(=O)N1CCCN(C(=O)c2cc(Cl)ccc2F)CC1. The van der Waals surface area contributed by atoms with Crippen LogP contribution >= 0.6 is 11.6 Å². The van der Waals surface area contributed by atoms with E-state index in [1.165, 1.54) is 18.2 Å². The van der Waals surface area contributed by atoms with E-state index in [4.69, 9.17) is 11.6 Å². The van der Waals surface area contributed by atoms with Crippen molar-refractivity contribution < 1.29 is 14.0 Å². The Kier molecular flexibility index (Phi) is 5.40. The summed E-state index contributed by atoms with van der Waals surface area (Å²) in [6, 6.07) is 3.91. The third kappa shape index (κ3) is 3.77. The topological polar surface area (TPSA) is 40.6 Å². The van der Waals surface area contributed by atoms with Gasteiger partial charge in [0.05, 0.1) is 5.56 Å². The standard InChI is InChI=1S/C16H16ClFN2O2/c1-2-4-15(21)19-7-3-8-20(10-9-19)16(22)13-11-12(17)5-6-14(13)18/h5-6,11H,3,7-10H2,1H3. The molecule has 0 N–H and O–H groups in total. The second kappa shape index (κ2) is 7.28. The van der Waals surface area contributed by atoms with Gasteiger partial charge in [0, 0.05) is 31.2 Å². The van der Waals surface area contributed by atoms with E-state index < -0.39 is 11.7 Å². The highest BCUT2D eigenvalue weighted by atomic mass is 35.5. The highest BCUT2D eigenvalue weighted by molar-refractivity contribution is 6.31. The summed E-state index contributed by atoms with van der Waals surface area (Å²) < 4.78 is 13.8. The molecule has 1 aliphatic heterocycles. The van der Waals surface area contributed by atoms with E-state index in [1.807, 2.05) is 0 Å². The fraction of sp³-hybridized carbons (Fsp3) is 0.375. The van der Waals surface area contributed by atoms with Crippen molar-refractivity contribution in [3.05, 3.63) is 34.6 Å². The monoisotopic (exact) mass is 322 g/mol. The van der Waals surface area contributed by atoms with Crippen molar-refractivity contribution in [2.75, 3.05) is 26.2 Å². The molecule has 1 saturated heterocycles. The molecular formula is C16H16ClFN2O2. The summed E-state index contributed by atoms with van der Waals surface area (Å²) in [4.78, 5) is 27.3. The molecule has 0 aromatic heterocycles. The molecule has 0 radical (unpaired) electrons. The van der Waals surface area contributed by atoms with Gasteiger partial charge in [-0.25, -0.2) is 4.39 Å². The van der Waals surface area contributed by atoms with Crippen LogP contribution in [0, 0.1) is 17.7 Å². The molecule has 1 fully saturated rings. The quantitative estimate of drug-likeness (QED) is 0.744. The molecule has 1 aliphatic rings. The molecule has 0 aliphatic carbocycles. The van der Waals surface area contributed by atoms with Gasteiger partial charge in [0.15, 0.2) is 0 Å². The van der Waals surface area contributed by atoms with E-state index in [0.717, 1.165) is 0 Å². The van der Waals surface area contributed by atoms with Crippen LogP contribution in [-0.4, -0.2) is 47.8 Å². The summed E-state index contributed by atoms with van der Waals surface area (Å²) >= 11 is 5.83. The lowest BCUT2D eigenvalue weighted by molar-refractivity contribution is -0.124. The normalized spacial score (nSPS) is 14.9. The third-order valence-electron chi connectivity index (χ3n) is 3.46. The molecule has 1 aromatic carbocycles. The fourth-order valence-corrected chi connectivity index (χ4v) is 2.51. The minimum atomic E-state index is -0.594. The Bertz CT molecular complexity index is 651. The van der Waals surface area contributed by atoms with E-state index in [-0.39, 0.29) is 11.5 Å². The molecular weight excluding hydrogens is 307 g/mol. The molecule has 1 aromatic rings. The summed E-state index contributed by atoms with van der Waals surface area (Å²) in [5, 5.41) is 0.314. The van der Waals surface area contributed by atoms with Gasteiger partial charge < -0.3 is 9.80 Å². The summed E-state index contributed by atoms with van der Waals surface area (Å²) in [5.74, 6) is 3.82. The summed E-state index contributed by atoms with van der Waals surface area (Å²) in [6.07, 6.45) is 0.630. The van der Waals surface area contributed by atoms with E-state index in [2.05, 4.69) is 11.8 Å².